The molecule has 1 saturated heterocycles. The molecule has 104 valence electrons. The van der Waals surface area contributed by atoms with Crippen LogP contribution in [-0.2, 0) is 0 Å². The standard InChI is InChI=1S/C16H19N3S/c1-18-7-9-19(10-8-18)14-11-16(13-17-12-14)20-15-5-3-2-4-6-15/h2-6,11-13H,7-10H2,1H3. The maximum Gasteiger partial charge on any atom is 0.0565 e. The number of hydrogen-bond acceptors (Lipinski definition) is 4. The van der Waals surface area contributed by atoms with Gasteiger partial charge in [0.05, 0.1) is 11.9 Å². The molecule has 1 aliphatic rings. The first kappa shape index (κ1) is 13.5. The van der Waals surface area contributed by atoms with Gasteiger partial charge in [-0.3, -0.25) is 4.98 Å². The molecule has 20 heavy (non-hydrogen) atoms. The molecule has 0 aliphatic carbocycles. The Labute approximate surface area is 124 Å². The van der Waals surface area contributed by atoms with E-state index in [0.29, 0.717) is 0 Å². The Morgan fingerprint density at radius 2 is 1.70 bits per heavy atom. The summed E-state index contributed by atoms with van der Waals surface area (Å²) >= 11 is 1.77. The van der Waals surface area contributed by atoms with E-state index in [1.807, 2.05) is 18.5 Å². The van der Waals surface area contributed by atoms with E-state index < -0.39 is 0 Å². The Kier molecular flexibility index (Phi) is 4.23. The summed E-state index contributed by atoms with van der Waals surface area (Å²) in [5, 5.41) is 0. The van der Waals surface area contributed by atoms with Gasteiger partial charge in [-0.15, -0.1) is 0 Å². The highest BCUT2D eigenvalue weighted by Crippen LogP contribution is 2.29. The fourth-order valence-corrected chi connectivity index (χ4v) is 3.18. The van der Waals surface area contributed by atoms with Crippen molar-refractivity contribution in [2.45, 2.75) is 9.79 Å². The predicted octanol–water partition coefficient (Wildman–Crippen LogP) is 2.98. The Bertz CT molecular complexity index is 551. The zero-order valence-electron chi connectivity index (χ0n) is 11.7. The summed E-state index contributed by atoms with van der Waals surface area (Å²) in [6, 6.07) is 12.7. The minimum Gasteiger partial charge on any atom is -0.368 e. The normalized spacial score (nSPS) is 16.4. The quantitative estimate of drug-likeness (QED) is 0.863. The first-order valence-corrected chi connectivity index (χ1v) is 7.74. The molecule has 2 aromatic rings. The van der Waals surface area contributed by atoms with Crippen molar-refractivity contribution < 1.29 is 0 Å². The number of anilines is 1. The molecular formula is C16H19N3S. The number of hydrogen-bond donors (Lipinski definition) is 0. The summed E-state index contributed by atoms with van der Waals surface area (Å²) in [4.78, 5) is 11.6. The molecule has 0 spiro atoms. The first-order chi connectivity index (χ1) is 9.81. The van der Waals surface area contributed by atoms with Gasteiger partial charge in [0.15, 0.2) is 0 Å². The van der Waals surface area contributed by atoms with Crippen molar-refractivity contribution in [1.29, 1.82) is 0 Å². The summed E-state index contributed by atoms with van der Waals surface area (Å²) in [5.74, 6) is 0. The molecular weight excluding hydrogens is 266 g/mol. The van der Waals surface area contributed by atoms with E-state index in [1.54, 1.807) is 11.8 Å². The van der Waals surface area contributed by atoms with E-state index in [1.165, 1.54) is 15.5 Å². The topological polar surface area (TPSA) is 19.4 Å². The molecule has 0 N–H and O–H groups in total. The number of aromatic nitrogens is 1. The fourth-order valence-electron chi connectivity index (χ4n) is 2.33. The zero-order valence-corrected chi connectivity index (χ0v) is 12.5. The Morgan fingerprint density at radius 3 is 2.45 bits per heavy atom. The van der Waals surface area contributed by atoms with Gasteiger partial charge in [-0.1, -0.05) is 30.0 Å². The summed E-state index contributed by atoms with van der Waals surface area (Å²) in [5.41, 5.74) is 1.24. The van der Waals surface area contributed by atoms with Crippen molar-refractivity contribution in [1.82, 2.24) is 9.88 Å². The van der Waals surface area contributed by atoms with E-state index in [2.05, 4.69) is 52.2 Å². The van der Waals surface area contributed by atoms with Gasteiger partial charge in [-0.25, -0.2) is 0 Å². The molecule has 0 bridgehead atoms. The van der Waals surface area contributed by atoms with Crippen LogP contribution in [0.4, 0.5) is 5.69 Å². The molecule has 2 heterocycles. The predicted molar refractivity (Wildman–Crippen MR) is 84.5 cm³/mol. The second-order valence-electron chi connectivity index (χ2n) is 5.08. The van der Waals surface area contributed by atoms with Gasteiger partial charge in [0.1, 0.15) is 0 Å². The van der Waals surface area contributed by atoms with E-state index in [0.717, 1.165) is 26.2 Å². The van der Waals surface area contributed by atoms with Crippen LogP contribution in [0.25, 0.3) is 0 Å². The summed E-state index contributed by atoms with van der Waals surface area (Å²) in [6.45, 7) is 4.40. The van der Waals surface area contributed by atoms with Gasteiger partial charge < -0.3 is 9.80 Å². The lowest BCUT2D eigenvalue weighted by molar-refractivity contribution is 0.312. The molecule has 1 aliphatic heterocycles. The second kappa shape index (κ2) is 6.29. The van der Waals surface area contributed by atoms with Crippen LogP contribution < -0.4 is 4.90 Å². The van der Waals surface area contributed by atoms with Crippen LogP contribution in [0.15, 0.2) is 58.6 Å². The minimum absolute atomic E-state index is 1.08. The molecule has 0 amide bonds. The SMILES string of the molecule is CN1CCN(c2cncc(Sc3ccccc3)c2)CC1. The van der Waals surface area contributed by atoms with Crippen LogP contribution in [0.1, 0.15) is 0 Å². The molecule has 0 saturated carbocycles. The largest absolute Gasteiger partial charge is 0.368 e. The third-order valence-corrected chi connectivity index (χ3v) is 4.51. The van der Waals surface area contributed by atoms with Gasteiger partial charge in [0.25, 0.3) is 0 Å². The summed E-state index contributed by atoms with van der Waals surface area (Å²) in [6.07, 6.45) is 3.91. The van der Waals surface area contributed by atoms with Gasteiger partial charge in [-0.2, -0.15) is 0 Å². The molecule has 0 atom stereocenters. The highest BCUT2D eigenvalue weighted by molar-refractivity contribution is 7.99. The molecule has 1 aromatic carbocycles. The number of benzene rings is 1. The summed E-state index contributed by atoms with van der Waals surface area (Å²) < 4.78 is 0. The van der Waals surface area contributed by atoms with E-state index in [9.17, 15) is 0 Å². The number of likely N-dealkylation sites (N-methyl/N-ethyl adjacent to an activating group) is 1. The minimum atomic E-state index is 1.08. The number of pyridine rings is 1. The fraction of sp³-hybridized carbons (Fsp3) is 0.312. The lowest BCUT2D eigenvalue weighted by Crippen LogP contribution is -2.44. The molecule has 1 aromatic heterocycles. The average molecular weight is 285 g/mol. The molecule has 3 rings (SSSR count). The van der Waals surface area contributed by atoms with Crippen LogP contribution in [0.2, 0.25) is 0 Å². The maximum absolute atomic E-state index is 4.40. The Balaban J connectivity index is 1.73. The van der Waals surface area contributed by atoms with Gasteiger partial charge >= 0.3 is 0 Å². The van der Waals surface area contributed by atoms with E-state index >= 15 is 0 Å². The lowest BCUT2D eigenvalue weighted by atomic mass is 10.3. The molecule has 3 nitrogen and oxygen atoms in total. The van der Waals surface area contributed by atoms with Crippen molar-refractivity contribution in [2.24, 2.45) is 0 Å². The van der Waals surface area contributed by atoms with E-state index in [4.69, 9.17) is 0 Å². The van der Waals surface area contributed by atoms with E-state index in [-0.39, 0.29) is 0 Å². The highest BCUT2D eigenvalue weighted by Gasteiger charge is 2.14. The van der Waals surface area contributed by atoms with Crippen molar-refractivity contribution >= 4 is 17.4 Å². The van der Waals surface area contributed by atoms with Crippen molar-refractivity contribution in [3.8, 4) is 0 Å². The zero-order chi connectivity index (χ0) is 13.8. The van der Waals surface area contributed by atoms with Crippen LogP contribution in [0.5, 0.6) is 0 Å². The molecule has 0 unspecified atom stereocenters. The van der Waals surface area contributed by atoms with Crippen molar-refractivity contribution in [2.75, 3.05) is 38.1 Å². The van der Waals surface area contributed by atoms with Crippen LogP contribution >= 0.6 is 11.8 Å². The first-order valence-electron chi connectivity index (χ1n) is 6.93. The number of rotatable bonds is 3. The van der Waals surface area contributed by atoms with Crippen LogP contribution in [0.3, 0.4) is 0 Å². The monoisotopic (exact) mass is 285 g/mol. The summed E-state index contributed by atoms with van der Waals surface area (Å²) in [7, 11) is 2.18. The molecule has 1 fully saturated rings. The number of nitrogens with zero attached hydrogens (tertiary/aromatic N) is 3. The molecule has 4 heteroatoms. The van der Waals surface area contributed by atoms with Crippen LogP contribution in [-0.4, -0.2) is 43.1 Å². The highest BCUT2D eigenvalue weighted by atomic mass is 32.2. The van der Waals surface area contributed by atoms with Crippen molar-refractivity contribution in [3.05, 3.63) is 48.8 Å². The molecule has 0 radical (unpaired) electrons. The Morgan fingerprint density at radius 1 is 0.950 bits per heavy atom. The van der Waals surface area contributed by atoms with Gasteiger partial charge in [0, 0.05) is 42.2 Å². The lowest BCUT2D eigenvalue weighted by Gasteiger charge is -2.33. The van der Waals surface area contributed by atoms with Gasteiger partial charge in [0.2, 0.25) is 0 Å². The Hall–Kier alpha value is -1.52. The third kappa shape index (κ3) is 3.32. The van der Waals surface area contributed by atoms with Crippen molar-refractivity contribution in [3.63, 3.8) is 0 Å². The third-order valence-electron chi connectivity index (χ3n) is 3.55. The van der Waals surface area contributed by atoms with Crippen LogP contribution in [0, 0.1) is 0 Å². The van der Waals surface area contributed by atoms with Gasteiger partial charge in [-0.05, 0) is 25.2 Å². The smallest absolute Gasteiger partial charge is 0.0565 e. The number of piperazine rings is 1. The average Bonchev–Trinajstić information content (AvgIpc) is 2.49. The second-order valence-corrected chi connectivity index (χ2v) is 6.23. The maximum atomic E-state index is 4.40.